The summed E-state index contributed by atoms with van der Waals surface area (Å²) in [7, 11) is 0. The SMILES string of the molecule is CC(C)CNCC(C)(Cc1cc(F)cc(Br)c1)C1CC1. The van der Waals surface area contributed by atoms with E-state index in [4.69, 9.17) is 0 Å². The first-order valence-corrected chi connectivity index (χ1v) is 8.34. The van der Waals surface area contributed by atoms with E-state index in [9.17, 15) is 4.39 Å². The largest absolute Gasteiger partial charge is 0.316 e. The summed E-state index contributed by atoms with van der Waals surface area (Å²) in [5.74, 6) is 1.30. The maximum absolute atomic E-state index is 13.5. The lowest BCUT2D eigenvalue weighted by atomic mass is 9.78. The second kappa shape index (κ2) is 6.57. The molecule has 0 spiro atoms. The Balaban J connectivity index is 2.04. The molecule has 1 nitrogen and oxygen atoms in total. The van der Waals surface area contributed by atoms with E-state index in [1.54, 1.807) is 6.07 Å². The molecule has 1 atom stereocenters. The van der Waals surface area contributed by atoms with Gasteiger partial charge in [-0.15, -0.1) is 0 Å². The van der Waals surface area contributed by atoms with Crippen LogP contribution in [0.1, 0.15) is 39.2 Å². The molecule has 3 heteroatoms. The summed E-state index contributed by atoms with van der Waals surface area (Å²) < 4.78 is 14.4. The molecular formula is C17H25BrFN. The van der Waals surface area contributed by atoms with E-state index in [1.165, 1.54) is 18.9 Å². The molecule has 1 fully saturated rings. The molecule has 0 bridgehead atoms. The predicted molar refractivity (Wildman–Crippen MR) is 86.3 cm³/mol. The molecule has 1 aliphatic rings. The Labute approximate surface area is 130 Å². The van der Waals surface area contributed by atoms with Gasteiger partial charge in [0.05, 0.1) is 0 Å². The number of benzene rings is 1. The van der Waals surface area contributed by atoms with Crippen molar-refractivity contribution >= 4 is 15.9 Å². The molecule has 20 heavy (non-hydrogen) atoms. The van der Waals surface area contributed by atoms with Crippen molar-refractivity contribution in [2.75, 3.05) is 13.1 Å². The summed E-state index contributed by atoms with van der Waals surface area (Å²) >= 11 is 3.39. The third kappa shape index (κ3) is 4.56. The van der Waals surface area contributed by atoms with Crippen LogP contribution in [0.3, 0.4) is 0 Å². The molecule has 0 radical (unpaired) electrons. The number of rotatable bonds is 7. The van der Waals surface area contributed by atoms with E-state index in [2.05, 4.69) is 42.0 Å². The molecule has 0 aromatic heterocycles. The van der Waals surface area contributed by atoms with Crippen molar-refractivity contribution in [1.82, 2.24) is 5.32 Å². The molecule has 112 valence electrons. The van der Waals surface area contributed by atoms with Crippen LogP contribution in [0.15, 0.2) is 22.7 Å². The average Bonchev–Trinajstić information content (AvgIpc) is 3.10. The first-order chi connectivity index (χ1) is 9.39. The summed E-state index contributed by atoms with van der Waals surface area (Å²) in [6, 6.07) is 5.25. The van der Waals surface area contributed by atoms with Crippen molar-refractivity contribution in [2.45, 2.75) is 40.0 Å². The highest BCUT2D eigenvalue weighted by Gasteiger charge is 2.41. The summed E-state index contributed by atoms with van der Waals surface area (Å²) in [5.41, 5.74) is 1.33. The van der Waals surface area contributed by atoms with Gasteiger partial charge < -0.3 is 5.32 Å². The van der Waals surface area contributed by atoms with Crippen molar-refractivity contribution in [3.8, 4) is 0 Å². The van der Waals surface area contributed by atoms with Crippen LogP contribution in [-0.2, 0) is 6.42 Å². The first kappa shape index (κ1) is 16.0. The highest BCUT2D eigenvalue weighted by Crippen LogP contribution is 2.47. The van der Waals surface area contributed by atoms with Gasteiger partial charge in [0, 0.05) is 11.0 Å². The zero-order valence-corrected chi connectivity index (χ0v) is 14.3. The molecular weight excluding hydrogens is 317 g/mol. The van der Waals surface area contributed by atoms with Crippen molar-refractivity contribution in [1.29, 1.82) is 0 Å². The number of halogens is 2. The Morgan fingerprint density at radius 1 is 1.35 bits per heavy atom. The maximum atomic E-state index is 13.5. The molecule has 1 unspecified atom stereocenters. The van der Waals surface area contributed by atoms with Crippen LogP contribution in [0.4, 0.5) is 4.39 Å². The zero-order valence-electron chi connectivity index (χ0n) is 12.7. The van der Waals surface area contributed by atoms with Crippen LogP contribution < -0.4 is 5.32 Å². The Bertz CT molecular complexity index is 436. The Morgan fingerprint density at radius 2 is 2.05 bits per heavy atom. The van der Waals surface area contributed by atoms with E-state index in [0.717, 1.165) is 35.5 Å². The molecule has 1 aromatic carbocycles. The van der Waals surface area contributed by atoms with Gasteiger partial charge in [0.25, 0.3) is 0 Å². The third-order valence-corrected chi connectivity index (χ3v) is 4.63. The van der Waals surface area contributed by atoms with Gasteiger partial charge >= 0.3 is 0 Å². The van der Waals surface area contributed by atoms with Gasteiger partial charge in [-0.25, -0.2) is 4.39 Å². The van der Waals surface area contributed by atoms with E-state index in [0.29, 0.717) is 5.92 Å². The molecule has 1 aromatic rings. The third-order valence-electron chi connectivity index (χ3n) is 4.17. The lowest BCUT2D eigenvalue weighted by molar-refractivity contribution is 0.252. The number of hydrogen-bond acceptors (Lipinski definition) is 1. The highest BCUT2D eigenvalue weighted by atomic mass is 79.9. The average molecular weight is 342 g/mol. The summed E-state index contributed by atoms with van der Waals surface area (Å²) in [4.78, 5) is 0. The maximum Gasteiger partial charge on any atom is 0.124 e. The number of nitrogens with one attached hydrogen (secondary N) is 1. The summed E-state index contributed by atoms with van der Waals surface area (Å²) in [5, 5.41) is 3.59. The van der Waals surface area contributed by atoms with Crippen LogP contribution in [0.25, 0.3) is 0 Å². The van der Waals surface area contributed by atoms with Crippen molar-refractivity contribution in [2.24, 2.45) is 17.3 Å². The minimum atomic E-state index is -0.150. The van der Waals surface area contributed by atoms with Crippen molar-refractivity contribution < 1.29 is 4.39 Å². The fourth-order valence-electron chi connectivity index (χ4n) is 2.96. The zero-order chi connectivity index (χ0) is 14.8. The van der Waals surface area contributed by atoms with Crippen LogP contribution in [0.5, 0.6) is 0 Å². The summed E-state index contributed by atoms with van der Waals surface area (Å²) in [6.45, 7) is 8.87. The van der Waals surface area contributed by atoms with Crippen LogP contribution in [0.2, 0.25) is 0 Å². The van der Waals surface area contributed by atoms with Gasteiger partial charge in [-0.05, 0) is 66.8 Å². The molecule has 1 aliphatic carbocycles. The Kier molecular flexibility index (Phi) is 5.25. The minimum absolute atomic E-state index is 0.150. The molecule has 0 aliphatic heterocycles. The molecule has 0 amide bonds. The van der Waals surface area contributed by atoms with E-state index in [-0.39, 0.29) is 11.2 Å². The lowest BCUT2D eigenvalue weighted by Crippen LogP contribution is -2.37. The highest BCUT2D eigenvalue weighted by molar-refractivity contribution is 9.10. The minimum Gasteiger partial charge on any atom is -0.316 e. The van der Waals surface area contributed by atoms with Gasteiger partial charge in [0.15, 0.2) is 0 Å². The number of hydrogen-bond donors (Lipinski definition) is 1. The van der Waals surface area contributed by atoms with Crippen LogP contribution in [0, 0.1) is 23.1 Å². The first-order valence-electron chi connectivity index (χ1n) is 7.55. The lowest BCUT2D eigenvalue weighted by Gasteiger charge is -2.31. The van der Waals surface area contributed by atoms with E-state index >= 15 is 0 Å². The van der Waals surface area contributed by atoms with Crippen LogP contribution in [-0.4, -0.2) is 13.1 Å². The van der Waals surface area contributed by atoms with Gasteiger partial charge in [-0.2, -0.15) is 0 Å². The topological polar surface area (TPSA) is 12.0 Å². The van der Waals surface area contributed by atoms with E-state index in [1.807, 2.05) is 6.07 Å². The predicted octanol–water partition coefficient (Wildman–Crippen LogP) is 4.79. The standard InChI is InChI=1S/C17H25BrFN/c1-12(2)10-20-11-17(3,14-4-5-14)9-13-6-15(18)8-16(19)7-13/h6-8,12,14,20H,4-5,9-11H2,1-3H3. The quantitative estimate of drug-likeness (QED) is 0.751. The normalized spacial score (nSPS) is 18.3. The monoisotopic (exact) mass is 341 g/mol. The second-order valence-corrected chi connectivity index (χ2v) is 7.82. The molecule has 0 saturated heterocycles. The Morgan fingerprint density at radius 3 is 2.60 bits per heavy atom. The Hall–Kier alpha value is -0.410. The molecule has 1 N–H and O–H groups in total. The molecule has 0 heterocycles. The fraction of sp³-hybridized carbons (Fsp3) is 0.647. The van der Waals surface area contributed by atoms with E-state index < -0.39 is 0 Å². The molecule has 1 saturated carbocycles. The van der Waals surface area contributed by atoms with Gasteiger partial charge in [-0.3, -0.25) is 0 Å². The summed E-state index contributed by atoms with van der Waals surface area (Å²) in [6.07, 6.45) is 3.58. The second-order valence-electron chi connectivity index (χ2n) is 6.91. The van der Waals surface area contributed by atoms with Gasteiger partial charge in [0.1, 0.15) is 5.82 Å². The van der Waals surface area contributed by atoms with Gasteiger partial charge in [-0.1, -0.05) is 36.7 Å². The smallest absolute Gasteiger partial charge is 0.124 e. The van der Waals surface area contributed by atoms with Crippen LogP contribution >= 0.6 is 15.9 Å². The van der Waals surface area contributed by atoms with Crippen molar-refractivity contribution in [3.63, 3.8) is 0 Å². The van der Waals surface area contributed by atoms with Crippen molar-refractivity contribution in [3.05, 3.63) is 34.1 Å². The van der Waals surface area contributed by atoms with Gasteiger partial charge in [0.2, 0.25) is 0 Å². The molecule has 2 rings (SSSR count). The fourth-order valence-corrected chi connectivity index (χ4v) is 3.47.